The lowest BCUT2D eigenvalue weighted by Crippen LogP contribution is -2.11. The number of rotatable bonds is 10. The molecule has 2 heteroatoms. The maximum absolute atomic E-state index is 2.36. The van der Waals surface area contributed by atoms with Crippen LogP contribution in [0.3, 0.4) is 0 Å². The molecule has 8 rings (SSSR count). The molecular weight excluding hydrogens is 653 g/mol. The van der Waals surface area contributed by atoms with Gasteiger partial charge < -0.3 is 9.80 Å². The molecule has 8 aromatic carbocycles. The van der Waals surface area contributed by atoms with Gasteiger partial charge in [-0.2, -0.15) is 0 Å². The van der Waals surface area contributed by atoms with Crippen LogP contribution in [0.4, 0.5) is 34.1 Å². The number of hydrogen-bond donors (Lipinski definition) is 0. The molecule has 0 spiro atoms. The number of nitrogens with zero attached hydrogens (tertiary/aromatic N) is 2. The SMILES string of the molecule is Cc1cc(N(c2ccccc2)c2ccc(/C=C/c3ccccc3)cc2)cc2c(C)cc(N(c3ccccc3)c3ccc(/C=C/c4ccccc4)cc3)cc12. The Morgan fingerprint density at radius 2 is 0.556 bits per heavy atom. The van der Waals surface area contributed by atoms with Crippen molar-refractivity contribution in [3.8, 4) is 0 Å². The van der Waals surface area contributed by atoms with E-state index >= 15 is 0 Å². The summed E-state index contributed by atoms with van der Waals surface area (Å²) in [7, 11) is 0. The van der Waals surface area contributed by atoms with Gasteiger partial charge in [-0.15, -0.1) is 0 Å². The molecule has 0 atom stereocenters. The molecule has 260 valence electrons. The minimum atomic E-state index is 1.11. The van der Waals surface area contributed by atoms with E-state index < -0.39 is 0 Å². The molecule has 0 aliphatic carbocycles. The third-order valence-corrected chi connectivity index (χ3v) is 9.84. The Hall–Kier alpha value is -6.90. The minimum absolute atomic E-state index is 1.11. The van der Waals surface area contributed by atoms with E-state index in [1.807, 2.05) is 12.1 Å². The number of aryl methyl sites for hydroxylation is 2. The van der Waals surface area contributed by atoms with Gasteiger partial charge in [-0.05, 0) is 131 Å². The summed E-state index contributed by atoms with van der Waals surface area (Å²) >= 11 is 0. The van der Waals surface area contributed by atoms with Crippen LogP contribution in [0.5, 0.6) is 0 Å². The zero-order valence-corrected chi connectivity index (χ0v) is 30.7. The molecule has 0 saturated carbocycles. The van der Waals surface area contributed by atoms with Crippen LogP contribution >= 0.6 is 0 Å². The van der Waals surface area contributed by atoms with Crippen molar-refractivity contribution < 1.29 is 0 Å². The van der Waals surface area contributed by atoms with Crippen molar-refractivity contribution in [3.63, 3.8) is 0 Å². The highest BCUT2D eigenvalue weighted by atomic mass is 15.1. The lowest BCUT2D eigenvalue weighted by molar-refractivity contribution is 1.26. The van der Waals surface area contributed by atoms with Crippen LogP contribution in [-0.4, -0.2) is 0 Å². The fourth-order valence-electron chi connectivity index (χ4n) is 7.08. The van der Waals surface area contributed by atoms with Crippen molar-refractivity contribution in [3.05, 3.63) is 228 Å². The summed E-state index contributed by atoms with van der Waals surface area (Å²) in [5.74, 6) is 0. The standard InChI is InChI=1S/C52H42N2/c1-39-35-49(53(45-19-11-5-12-20-45)47-31-27-43(28-32-47)25-23-41-15-7-3-8-16-41)38-52-40(2)36-50(37-51(39)52)54(46-21-13-6-14-22-46)48-33-29-44(30-34-48)26-24-42-17-9-4-10-18-42/h3-38H,1-2H3/b25-23+,26-24+. The van der Waals surface area contributed by atoms with Crippen molar-refractivity contribution in [1.82, 2.24) is 0 Å². The average molecular weight is 695 g/mol. The van der Waals surface area contributed by atoms with E-state index in [4.69, 9.17) is 0 Å². The lowest BCUT2D eigenvalue weighted by atomic mass is 9.97. The number of fused-ring (bicyclic) bond motifs is 1. The Morgan fingerprint density at radius 3 is 0.889 bits per heavy atom. The smallest absolute Gasteiger partial charge is 0.0470 e. The summed E-state index contributed by atoms with van der Waals surface area (Å²) in [6.07, 6.45) is 8.66. The summed E-state index contributed by atoms with van der Waals surface area (Å²) in [5, 5.41) is 2.48. The van der Waals surface area contributed by atoms with Crippen molar-refractivity contribution in [2.24, 2.45) is 0 Å². The van der Waals surface area contributed by atoms with Gasteiger partial charge >= 0.3 is 0 Å². The molecule has 2 nitrogen and oxygen atoms in total. The Kier molecular flexibility index (Phi) is 9.99. The first kappa shape index (κ1) is 34.2. The second-order valence-corrected chi connectivity index (χ2v) is 13.6. The summed E-state index contributed by atoms with van der Waals surface area (Å²) in [4.78, 5) is 4.71. The maximum atomic E-state index is 2.36. The lowest BCUT2D eigenvalue weighted by Gasteiger charge is -2.28. The highest BCUT2D eigenvalue weighted by molar-refractivity contribution is 5.97. The average Bonchev–Trinajstić information content (AvgIpc) is 3.22. The maximum Gasteiger partial charge on any atom is 0.0470 e. The van der Waals surface area contributed by atoms with Crippen LogP contribution in [0.25, 0.3) is 35.1 Å². The molecule has 0 fully saturated rings. The summed E-state index contributed by atoms with van der Waals surface area (Å²) in [6.45, 7) is 4.47. The first-order chi connectivity index (χ1) is 26.6. The summed E-state index contributed by atoms with van der Waals surface area (Å²) in [5.41, 5.74) is 13.9. The fourth-order valence-corrected chi connectivity index (χ4v) is 7.08. The van der Waals surface area contributed by atoms with E-state index in [-0.39, 0.29) is 0 Å². The first-order valence-corrected chi connectivity index (χ1v) is 18.5. The molecule has 0 radical (unpaired) electrons. The Balaban J connectivity index is 1.16. The van der Waals surface area contributed by atoms with Gasteiger partial charge in [0.05, 0.1) is 0 Å². The van der Waals surface area contributed by atoms with Gasteiger partial charge in [-0.25, -0.2) is 0 Å². The van der Waals surface area contributed by atoms with E-state index in [1.165, 1.54) is 33.0 Å². The van der Waals surface area contributed by atoms with Gasteiger partial charge in [0.2, 0.25) is 0 Å². The monoisotopic (exact) mass is 694 g/mol. The normalized spacial score (nSPS) is 11.4. The highest BCUT2D eigenvalue weighted by Crippen LogP contribution is 2.42. The molecule has 0 N–H and O–H groups in total. The van der Waals surface area contributed by atoms with Gasteiger partial charge in [0, 0.05) is 34.1 Å². The van der Waals surface area contributed by atoms with E-state index in [0.717, 1.165) is 45.3 Å². The molecule has 0 aliphatic heterocycles. The molecular formula is C52H42N2. The predicted molar refractivity (Wildman–Crippen MR) is 234 cm³/mol. The fraction of sp³-hybridized carbons (Fsp3) is 0.0385. The molecule has 0 aromatic heterocycles. The van der Waals surface area contributed by atoms with Crippen LogP contribution in [0, 0.1) is 13.8 Å². The number of benzene rings is 8. The highest BCUT2D eigenvalue weighted by Gasteiger charge is 2.18. The molecule has 0 aliphatic rings. The quantitative estimate of drug-likeness (QED) is 0.132. The van der Waals surface area contributed by atoms with Crippen molar-refractivity contribution in [2.75, 3.05) is 9.80 Å². The number of para-hydroxylation sites is 2. The van der Waals surface area contributed by atoms with Gasteiger partial charge in [0.1, 0.15) is 0 Å². The van der Waals surface area contributed by atoms with Crippen LogP contribution in [-0.2, 0) is 0 Å². The van der Waals surface area contributed by atoms with Crippen molar-refractivity contribution >= 4 is 69.2 Å². The summed E-state index contributed by atoms with van der Waals surface area (Å²) in [6, 6.07) is 69.1. The number of anilines is 6. The zero-order valence-electron chi connectivity index (χ0n) is 30.7. The molecule has 8 aromatic rings. The van der Waals surface area contributed by atoms with Crippen LogP contribution in [0.15, 0.2) is 194 Å². The minimum Gasteiger partial charge on any atom is -0.310 e. The van der Waals surface area contributed by atoms with Gasteiger partial charge in [-0.3, -0.25) is 0 Å². The molecule has 0 bridgehead atoms. The second-order valence-electron chi connectivity index (χ2n) is 13.6. The predicted octanol–water partition coefficient (Wildman–Crippen LogP) is 14.7. The number of hydrogen-bond acceptors (Lipinski definition) is 2. The van der Waals surface area contributed by atoms with E-state index in [2.05, 4.69) is 230 Å². The van der Waals surface area contributed by atoms with Crippen LogP contribution in [0.2, 0.25) is 0 Å². The molecule has 0 saturated heterocycles. The van der Waals surface area contributed by atoms with Crippen molar-refractivity contribution in [1.29, 1.82) is 0 Å². The van der Waals surface area contributed by atoms with Gasteiger partial charge in [-0.1, -0.05) is 146 Å². The Labute approximate surface area is 319 Å². The molecule has 0 amide bonds. The first-order valence-electron chi connectivity index (χ1n) is 18.5. The zero-order chi connectivity index (χ0) is 36.7. The van der Waals surface area contributed by atoms with E-state index in [1.54, 1.807) is 0 Å². The molecule has 54 heavy (non-hydrogen) atoms. The Bertz CT molecular complexity index is 2340. The van der Waals surface area contributed by atoms with Crippen molar-refractivity contribution in [2.45, 2.75) is 13.8 Å². The van der Waals surface area contributed by atoms with Gasteiger partial charge in [0.15, 0.2) is 0 Å². The third-order valence-electron chi connectivity index (χ3n) is 9.84. The third kappa shape index (κ3) is 7.65. The Morgan fingerprint density at radius 1 is 0.278 bits per heavy atom. The largest absolute Gasteiger partial charge is 0.310 e. The molecule has 0 heterocycles. The molecule has 0 unspecified atom stereocenters. The van der Waals surface area contributed by atoms with Crippen LogP contribution < -0.4 is 9.80 Å². The topological polar surface area (TPSA) is 6.48 Å². The van der Waals surface area contributed by atoms with E-state index in [9.17, 15) is 0 Å². The summed E-state index contributed by atoms with van der Waals surface area (Å²) < 4.78 is 0. The van der Waals surface area contributed by atoms with E-state index in [0.29, 0.717) is 0 Å². The second kappa shape index (κ2) is 15.8. The van der Waals surface area contributed by atoms with Crippen LogP contribution in [0.1, 0.15) is 33.4 Å². The van der Waals surface area contributed by atoms with Gasteiger partial charge in [0.25, 0.3) is 0 Å².